The van der Waals surface area contributed by atoms with Gasteiger partial charge in [0.15, 0.2) is 5.70 Å². The topological polar surface area (TPSA) is 81.8 Å². The molecule has 3 aromatic carbocycles. The molecule has 1 heterocycles. The van der Waals surface area contributed by atoms with Gasteiger partial charge in [0, 0.05) is 17.2 Å². The smallest absolute Gasteiger partial charge is 0.363 e. The van der Waals surface area contributed by atoms with Gasteiger partial charge in [0.25, 0.3) is 5.69 Å². The Morgan fingerprint density at radius 1 is 1.07 bits per heavy atom. The molecule has 132 valence electrons. The third kappa shape index (κ3) is 3.08. The predicted octanol–water partition coefficient (Wildman–Crippen LogP) is 4.40. The predicted molar refractivity (Wildman–Crippen MR) is 102 cm³/mol. The van der Waals surface area contributed by atoms with Gasteiger partial charge in [-0.3, -0.25) is 10.1 Å². The van der Waals surface area contributed by atoms with E-state index in [1.165, 1.54) is 6.07 Å². The number of nitro benzene ring substituents is 1. The van der Waals surface area contributed by atoms with Crippen molar-refractivity contribution in [2.45, 2.75) is 6.92 Å². The van der Waals surface area contributed by atoms with Gasteiger partial charge in [-0.2, -0.15) is 0 Å². The van der Waals surface area contributed by atoms with Crippen molar-refractivity contribution in [2.24, 2.45) is 4.99 Å². The summed E-state index contributed by atoms with van der Waals surface area (Å²) in [5, 5.41) is 13.2. The molecule has 4 rings (SSSR count). The molecular weight excluding hydrogens is 344 g/mol. The number of esters is 1. The third-order valence-electron chi connectivity index (χ3n) is 4.39. The van der Waals surface area contributed by atoms with Crippen molar-refractivity contribution in [3.8, 4) is 0 Å². The Morgan fingerprint density at radius 3 is 2.67 bits per heavy atom. The Morgan fingerprint density at radius 2 is 1.85 bits per heavy atom. The van der Waals surface area contributed by atoms with Gasteiger partial charge in [0.1, 0.15) is 0 Å². The summed E-state index contributed by atoms with van der Waals surface area (Å²) in [7, 11) is 0. The highest BCUT2D eigenvalue weighted by Crippen LogP contribution is 2.26. The molecule has 0 N–H and O–H groups in total. The first-order chi connectivity index (χ1) is 13.0. The van der Waals surface area contributed by atoms with E-state index in [0.29, 0.717) is 11.1 Å². The Bertz CT molecular complexity index is 1160. The summed E-state index contributed by atoms with van der Waals surface area (Å²) in [5.41, 5.74) is 1.88. The zero-order valence-corrected chi connectivity index (χ0v) is 14.4. The van der Waals surface area contributed by atoms with E-state index in [-0.39, 0.29) is 17.3 Å². The molecule has 6 heteroatoms. The SMILES string of the molecule is Cc1ccc(C2=N/C(=C/c3cccc4ccccc34)C(=O)O2)cc1[N+](=O)[O-]. The molecule has 0 aromatic heterocycles. The van der Waals surface area contributed by atoms with Crippen molar-refractivity contribution in [1.82, 2.24) is 0 Å². The molecule has 27 heavy (non-hydrogen) atoms. The van der Waals surface area contributed by atoms with Gasteiger partial charge in [-0.1, -0.05) is 48.5 Å². The number of hydrogen-bond donors (Lipinski definition) is 0. The molecule has 0 radical (unpaired) electrons. The van der Waals surface area contributed by atoms with Gasteiger partial charge in [0.05, 0.1) is 4.92 Å². The van der Waals surface area contributed by atoms with Crippen molar-refractivity contribution >= 4 is 34.4 Å². The minimum absolute atomic E-state index is 0.0438. The first kappa shape index (κ1) is 16.7. The average Bonchev–Trinajstić information content (AvgIpc) is 3.03. The maximum Gasteiger partial charge on any atom is 0.363 e. The van der Waals surface area contributed by atoms with E-state index in [1.807, 2.05) is 42.5 Å². The summed E-state index contributed by atoms with van der Waals surface area (Å²) in [5.74, 6) is -0.518. The lowest BCUT2D eigenvalue weighted by molar-refractivity contribution is -0.385. The number of nitro groups is 1. The van der Waals surface area contributed by atoms with Crippen LogP contribution in [-0.2, 0) is 9.53 Å². The van der Waals surface area contributed by atoms with Gasteiger partial charge in [-0.25, -0.2) is 9.79 Å². The molecule has 0 fully saturated rings. The van der Waals surface area contributed by atoms with Gasteiger partial charge >= 0.3 is 5.97 Å². The number of benzene rings is 3. The van der Waals surface area contributed by atoms with Crippen LogP contribution in [0.3, 0.4) is 0 Å². The lowest BCUT2D eigenvalue weighted by Crippen LogP contribution is -2.06. The van der Waals surface area contributed by atoms with Crippen molar-refractivity contribution in [3.63, 3.8) is 0 Å². The molecule has 1 aliphatic heterocycles. The van der Waals surface area contributed by atoms with Crippen molar-refractivity contribution in [1.29, 1.82) is 0 Å². The number of hydrogen-bond acceptors (Lipinski definition) is 5. The number of carbonyl (C=O) groups excluding carboxylic acids is 1. The van der Waals surface area contributed by atoms with Crippen LogP contribution in [0.2, 0.25) is 0 Å². The Hall–Kier alpha value is -3.80. The lowest BCUT2D eigenvalue weighted by atomic mass is 10.0. The Kier molecular flexibility index (Phi) is 4.01. The average molecular weight is 358 g/mol. The van der Waals surface area contributed by atoms with E-state index in [9.17, 15) is 14.9 Å². The fraction of sp³-hybridized carbons (Fsp3) is 0.0476. The van der Waals surface area contributed by atoms with Crippen molar-refractivity contribution < 1.29 is 14.5 Å². The van der Waals surface area contributed by atoms with E-state index in [2.05, 4.69) is 4.99 Å². The maximum absolute atomic E-state index is 12.2. The van der Waals surface area contributed by atoms with Crippen LogP contribution in [0.4, 0.5) is 5.69 Å². The number of rotatable bonds is 3. The summed E-state index contributed by atoms with van der Waals surface area (Å²) >= 11 is 0. The molecule has 0 atom stereocenters. The molecule has 3 aromatic rings. The van der Waals surface area contributed by atoms with Crippen LogP contribution in [-0.4, -0.2) is 16.8 Å². The molecule has 0 unspecified atom stereocenters. The van der Waals surface area contributed by atoms with Crippen LogP contribution in [0.1, 0.15) is 16.7 Å². The number of aryl methyl sites for hydroxylation is 1. The van der Waals surface area contributed by atoms with Crippen LogP contribution < -0.4 is 0 Å². The lowest BCUT2D eigenvalue weighted by Gasteiger charge is -2.01. The molecule has 0 saturated carbocycles. The molecule has 6 nitrogen and oxygen atoms in total. The summed E-state index contributed by atoms with van der Waals surface area (Å²) < 4.78 is 5.24. The van der Waals surface area contributed by atoms with Crippen molar-refractivity contribution in [3.05, 3.63) is 93.2 Å². The van der Waals surface area contributed by atoms with Crippen LogP contribution in [0.5, 0.6) is 0 Å². The van der Waals surface area contributed by atoms with Crippen LogP contribution in [0.25, 0.3) is 16.8 Å². The van der Waals surface area contributed by atoms with Gasteiger partial charge in [0.2, 0.25) is 5.90 Å². The number of aliphatic imine (C=N–C) groups is 1. The van der Waals surface area contributed by atoms with Gasteiger partial charge in [-0.05, 0) is 35.4 Å². The largest absolute Gasteiger partial charge is 0.402 e. The zero-order valence-electron chi connectivity index (χ0n) is 14.4. The fourth-order valence-corrected chi connectivity index (χ4v) is 3.00. The normalized spacial score (nSPS) is 15.1. The molecule has 1 aliphatic rings. The molecular formula is C21H14N2O4. The fourth-order valence-electron chi connectivity index (χ4n) is 3.00. The summed E-state index contributed by atoms with van der Waals surface area (Å²) in [6.07, 6.45) is 1.67. The summed E-state index contributed by atoms with van der Waals surface area (Å²) in [6, 6.07) is 18.2. The third-order valence-corrected chi connectivity index (χ3v) is 4.39. The summed E-state index contributed by atoms with van der Waals surface area (Å²) in [6.45, 7) is 1.65. The van der Waals surface area contributed by atoms with Gasteiger partial charge in [-0.15, -0.1) is 0 Å². The molecule has 0 aliphatic carbocycles. The first-order valence-electron chi connectivity index (χ1n) is 8.29. The van der Waals surface area contributed by atoms with E-state index in [4.69, 9.17) is 4.74 Å². The number of carbonyl (C=O) groups is 1. The van der Waals surface area contributed by atoms with E-state index in [0.717, 1.165) is 16.3 Å². The highest BCUT2D eigenvalue weighted by molar-refractivity contribution is 6.13. The van der Waals surface area contributed by atoms with Crippen LogP contribution in [0, 0.1) is 17.0 Å². The number of nitrogens with zero attached hydrogens (tertiary/aromatic N) is 2. The standard InChI is InChI=1S/C21H14N2O4/c1-13-9-10-16(12-19(13)23(25)26)20-22-18(21(24)27-20)11-15-7-4-6-14-5-2-3-8-17(14)15/h2-12H,1H3/b18-11+. The molecule has 0 bridgehead atoms. The van der Waals surface area contributed by atoms with E-state index >= 15 is 0 Å². The second-order valence-electron chi connectivity index (χ2n) is 6.16. The minimum Gasteiger partial charge on any atom is -0.402 e. The van der Waals surface area contributed by atoms with Crippen molar-refractivity contribution in [2.75, 3.05) is 0 Å². The second-order valence-corrected chi connectivity index (χ2v) is 6.16. The highest BCUT2D eigenvalue weighted by atomic mass is 16.6. The molecule has 0 amide bonds. The molecule has 0 saturated heterocycles. The number of cyclic esters (lactones) is 1. The molecule has 0 spiro atoms. The summed E-state index contributed by atoms with van der Waals surface area (Å²) in [4.78, 5) is 27.2. The van der Waals surface area contributed by atoms with E-state index in [1.54, 1.807) is 25.1 Å². The minimum atomic E-state index is -0.582. The Balaban J connectivity index is 1.76. The number of fused-ring (bicyclic) bond motifs is 1. The second kappa shape index (κ2) is 6.49. The van der Waals surface area contributed by atoms with Crippen LogP contribution >= 0.6 is 0 Å². The van der Waals surface area contributed by atoms with Gasteiger partial charge < -0.3 is 4.74 Å². The monoisotopic (exact) mass is 358 g/mol. The maximum atomic E-state index is 12.2. The zero-order chi connectivity index (χ0) is 19.0. The van der Waals surface area contributed by atoms with Crippen LogP contribution in [0.15, 0.2) is 71.4 Å². The van der Waals surface area contributed by atoms with E-state index < -0.39 is 10.9 Å². The Labute approximate surface area is 154 Å². The quantitative estimate of drug-likeness (QED) is 0.301. The number of ether oxygens (including phenoxy) is 1. The first-order valence-corrected chi connectivity index (χ1v) is 8.29. The highest BCUT2D eigenvalue weighted by Gasteiger charge is 2.26.